The van der Waals surface area contributed by atoms with Crippen LogP contribution in [0.2, 0.25) is 0 Å². The minimum absolute atomic E-state index is 0.265. The number of fused-ring (bicyclic) bond motifs is 1. The van der Waals surface area contributed by atoms with Crippen molar-refractivity contribution < 1.29 is 14.6 Å². The van der Waals surface area contributed by atoms with Crippen LogP contribution in [-0.4, -0.2) is 27.7 Å². The number of ether oxygens (including phenoxy) is 1. The van der Waals surface area contributed by atoms with Gasteiger partial charge in [0.15, 0.2) is 0 Å². The number of nitrogens with zero attached hydrogens (tertiary/aromatic N) is 1. The average Bonchev–Trinajstić information content (AvgIpc) is 2.95. The number of aromatic nitrogens is 2. The number of aliphatic hydroxyl groups excluding tert-OH is 1. The lowest BCUT2D eigenvalue weighted by atomic mass is 10.0. The molecule has 1 atom stereocenters. The maximum Gasteiger partial charge on any atom is 0.355 e. The maximum atomic E-state index is 12.2. The number of rotatable bonds is 4. The van der Waals surface area contributed by atoms with Crippen molar-refractivity contribution >= 4 is 16.9 Å². The number of aromatic amines is 1. The molecule has 0 aliphatic carbocycles. The van der Waals surface area contributed by atoms with Gasteiger partial charge in [-0.05, 0) is 25.1 Å². The molecule has 112 valence electrons. The fourth-order valence-corrected chi connectivity index (χ4v) is 2.50. The second-order valence-electron chi connectivity index (χ2n) is 4.84. The van der Waals surface area contributed by atoms with Gasteiger partial charge >= 0.3 is 5.97 Å². The van der Waals surface area contributed by atoms with Crippen molar-refractivity contribution in [2.45, 2.75) is 13.0 Å². The highest BCUT2D eigenvalue weighted by molar-refractivity contribution is 5.98. The molecule has 22 heavy (non-hydrogen) atoms. The van der Waals surface area contributed by atoms with E-state index in [0.717, 1.165) is 10.9 Å². The number of esters is 1. The Morgan fingerprint density at radius 3 is 2.77 bits per heavy atom. The first-order valence-electron chi connectivity index (χ1n) is 7.09. The molecule has 0 bridgehead atoms. The van der Waals surface area contributed by atoms with E-state index in [1.807, 2.05) is 24.3 Å². The van der Waals surface area contributed by atoms with E-state index in [1.165, 1.54) is 0 Å². The largest absolute Gasteiger partial charge is 0.461 e. The lowest BCUT2D eigenvalue weighted by molar-refractivity contribution is 0.0515. The average molecular weight is 296 g/mol. The summed E-state index contributed by atoms with van der Waals surface area (Å²) in [5.74, 6) is -0.483. The third-order valence-corrected chi connectivity index (χ3v) is 3.47. The summed E-state index contributed by atoms with van der Waals surface area (Å²) >= 11 is 0. The quantitative estimate of drug-likeness (QED) is 0.726. The van der Waals surface area contributed by atoms with Crippen LogP contribution < -0.4 is 0 Å². The molecule has 0 aliphatic rings. The normalized spacial score (nSPS) is 12.3. The Morgan fingerprint density at radius 2 is 2.05 bits per heavy atom. The first-order chi connectivity index (χ1) is 10.7. The number of H-pyrrole nitrogens is 1. The number of nitrogens with one attached hydrogen (secondary N) is 1. The van der Waals surface area contributed by atoms with Gasteiger partial charge in [0.05, 0.1) is 12.3 Å². The van der Waals surface area contributed by atoms with Crippen molar-refractivity contribution in [3.05, 3.63) is 65.6 Å². The van der Waals surface area contributed by atoms with E-state index >= 15 is 0 Å². The van der Waals surface area contributed by atoms with E-state index in [9.17, 15) is 9.90 Å². The Morgan fingerprint density at radius 1 is 1.27 bits per heavy atom. The van der Waals surface area contributed by atoms with Gasteiger partial charge in [0.2, 0.25) is 0 Å². The molecule has 0 saturated carbocycles. The van der Waals surface area contributed by atoms with Crippen molar-refractivity contribution in [3.8, 4) is 0 Å². The van der Waals surface area contributed by atoms with E-state index in [0.29, 0.717) is 11.3 Å². The van der Waals surface area contributed by atoms with Crippen molar-refractivity contribution in [2.75, 3.05) is 6.61 Å². The van der Waals surface area contributed by atoms with Crippen molar-refractivity contribution in [2.24, 2.45) is 0 Å². The number of hydrogen-bond donors (Lipinski definition) is 2. The Hall–Kier alpha value is -2.66. The molecule has 0 radical (unpaired) electrons. The Balaban J connectivity index is 2.17. The molecule has 5 nitrogen and oxygen atoms in total. The van der Waals surface area contributed by atoms with Crippen LogP contribution in [0.4, 0.5) is 0 Å². The zero-order valence-corrected chi connectivity index (χ0v) is 12.1. The maximum absolute atomic E-state index is 12.2. The van der Waals surface area contributed by atoms with Crippen LogP contribution in [-0.2, 0) is 4.74 Å². The van der Waals surface area contributed by atoms with E-state index < -0.39 is 12.1 Å². The minimum atomic E-state index is -1.00. The summed E-state index contributed by atoms with van der Waals surface area (Å²) in [6.45, 7) is 2.02. The molecule has 3 aromatic rings. The SMILES string of the molecule is CCOC(=O)c1[nH]c2ccccc2c1C(O)c1ccccn1. The second kappa shape index (κ2) is 5.99. The molecule has 2 N–H and O–H groups in total. The van der Waals surface area contributed by atoms with Crippen LogP contribution in [0.15, 0.2) is 48.7 Å². The molecular formula is C17H16N2O3. The van der Waals surface area contributed by atoms with E-state index in [1.54, 1.807) is 31.3 Å². The molecule has 3 rings (SSSR count). The predicted molar refractivity (Wildman–Crippen MR) is 82.6 cm³/mol. The summed E-state index contributed by atoms with van der Waals surface area (Å²) in [6, 6.07) is 12.7. The number of aliphatic hydroxyl groups is 1. The second-order valence-corrected chi connectivity index (χ2v) is 4.84. The summed E-state index contributed by atoms with van der Waals surface area (Å²) in [7, 11) is 0. The van der Waals surface area contributed by atoms with E-state index in [-0.39, 0.29) is 12.3 Å². The van der Waals surface area contributed by atoms with Crippen molar-refractivity contribution in [3.63, 3.8) is 0 Å². The first-order valence-corrected chi connectivity index (χ1v) is 7.09. The molecule has 1 unspecified atom stereocenters. The number of hydrogen-bond acceptors (Lipinski definition) is 4. The molecule has 1 aromatic carbocycles. The fraction of sp³-hybridized carbons (Fsp3) is 0.176. The van der Waals surface area contributed by atoms with Crippen LogP contribution in [0.25, 0.3) is 10.9 Å². The van der Waals surface area contributed by atoms with Gasteiger partial charge in [-0.1, -0.05) is 24.3 Å². The number of benzene rings is 1. The topological polar surface area (TPSA) is 75.2 Å². The van der Waals surface area contributed by atoms with Gasteiger partial charge in [-0.2, -0.15) is 0 Å². The van der Waals surface area contributed by atoms with Crippen LogP contribution in [0.5, 0.6) is 0 Å². The highest BCUT2D eigenvalue weighted by Gasteiger charge is 2.25. The summed E-state index contributed by atoms with van der Waals surface area (Å²) < 4.78 is 5.08. The Bertz CT molecular complexity index is 796. The van der Waals surface area contributed by atoms with Crippen LogP contribution in [0.3, 0.4) is 0 Å². The number of carbonyl (C=O) groups excluding carboxylic acids is 1. The van der Waals surface area contributed by atoms with E-state index in [4.69, 9.17) is 4.74 Å². The third-order valence-electron chi connectivity index (χ3n) is 3.47. The van der Waals surface area contributed by atoms with Crippen molar-refractivity contribution in [1.29, 1.82) is 0 Å². The summed E-state index contributed by atoms with van der Waals surface area (Å²) in [5, 5.41) is 11.5. The van der Waals surface area contributed by atoms with E-state index in [2.05, 4.69) is 9.97 Å². The van der Waals surface area contributed by atoms with Crippen LogP contribution in [0, 0.1) is 0 Å². The smallest absolute Gasteiger partial charge is 0.355 e. The standard InChI is InChI=1S/C17H16N2O3/c1-2-22-17(21)15-14(11-7-3-4-8-12(11)19-15)16(20)13-9-5-6-10-18-13/h3-10,16,19-20H,2H2,1H3. The lowest BCUT2D eigenvalue weighted by Crippen LogP contribution is -2.11. The molecule has 5 heteroatoms. The molecule has 2 heterocycles. The number of para-hydroxylation sites is 1. The molecule has 2 aromatic heterocycles. The molecule has 0 spiro atoms. The molecular weight excluding hydrogens is 280 g/mol. The summed E-state index contributed by atoms with van der Waals surface area (Å²) in [4.78, 5) is 19.4. The van der Waals surface area contributed by atoms with Crippen LogP contribution >= 0.6 is 0 Å². The van der Waals surface area contributed by atoms with Gasteiger partial charge in [0.25, 0.3) is 0 Å². The summed E-state index contributed by atoms with van der Waals surface area (Å²) in [5.41, 5.74) is 2.02. The summed E-state index contributed by atoms with van der Waals surface area (Å²) in [6.07, 6.45) is 0.606. The van der Waals surface area contributed by atoms with Gasteiger partial charge in [-0.3, -0.25) is 4.98 Å². The van der Waals surface area contributed by atoms with Gasteiger partial charge in [-0.15, -0.1) is 0 Å². The molecule has 0 saturated heterocycles. The molecule has 0 amide bonds. The fourth-order valence-electron chi connectivity index (χ4n) is 2.50. The Kier molecular flexibility index (Phi) is 3.89. The molecule has 0 fully saturated rings. The zero-order chi connectivity index (χ0) is 15.5. The van der Waals surface area contributed by atoms with Gasteiger partial charge in [-0.25, -0.2) is 4.79 Å². The highest BCUT2D eigenvalue weighted by Crippen LogP contribution is 2.31. The zero-order valence-electron chi connectivity index (χ0n) is 12.1. The third kappa shape index (κ3) is 2.46. The predicted octanol–water partition coefficient (Wildman–Crippen LogP) is 2.82. The van der Waals surface area contributed by atoms with Gasteiger partial charge in [0.1, 0.15) is 11.8 Å². The van der Waals surface area contributed by atoms with Crippen LogP contribution in [0.1, 0.15) is 34.8 Å². The lowest BCUT2D eigenvalue weighted by Gasteiger charge is -2.11. The van der Waals surface area contributed by atoms with Gasteiger partial charge in [0, 0.05) is 22.7 Å². The van der Waals surface area contributed by atoms with Gasteiger partial charge < -0.3 is 14.8 Å². The number of carbonyl (C=O) groups is 1. The van der Waals surface area contributed by atoms with Crippen molar-refractivity contribution in [1.82, 2.24) is 9.97 Å². The molecule has 0 aliphatic heterocycles. The Labute approximate surface area is 127 Å². The first kappa shape index (κ1) is 14.3. The highest BCUT2D eigenvalue weighted by atomic mass is 16.5. The number of pyridine rings is 1. The monoisotopic (exact) mass is 296 g/mol. The minimum Gasteiger partial charge on any atom is -0.461 e.